The summed E-state index contributed by atoms with van der Waals surface area (Å²) in [6.07, 6.45) is 5.52. The topological polar surface area (TPSA) is 64.3 Å². The smallest absolute Gasteiger partial charge is 0.321 e. The van der Waals surface area contributed by atoms with Crippen LogP contribution in [0.25, 0.3) is 11.0 Å². The van der Waals surface area contributed by atoms with Crippen LogP contribution >= 0.6 is 0 Å². The Labute approximate surface area is 173 Å². The lowest BCUT2D eigenvalue weighted by Gasteiger charge is -2.38. The molecule has 1 saturated heterocycles. The Balaban J connectivity index is 1.43. The van der Waals surface area contributed by atoms with Gasteiger partial charge in [-0.2, -0.15) is 0 Å². The lowest BCUT2D eigenvalue weighted by molar-refractivity contribution is 0.0175. The highest BCUT2D eigenvalue weighted by atomic mass is 19.3. The molecule has 1 aromatic carbocycles. The summed E-state index contributed by atoms with van der Waals surface area (Å²) in [6, 6.07) is 9.65. The summed E-state index contributed by atoms with van der Waals surface area (Å²) in [4.78, 5) is 24.2. The summed E-state index contributed by atoms with van der Waals surface area (Å²) in [5.41, 5.74) is 2.34. The van der Waals surface area contributed by atoms with Crippen molar-refractivity contribution in [3.8, 4) is 0 Å². The Morgan fingerprint density at radius 2 is 2.03 bits per heavy atom. The van der Waals surface area contributed by atoms with Gasteiger partial charge >= 0.3 is 6.03 Å². The molecule has 1 fully saturated rings. The highest BCUT2D eigenvalue weighted by Crippen LogP contribution is 2.29. The fraction of sp³-hybridized carbons (Fsp3) is 0.364. The van der Waals surface area contributed by atoms with Crippen molar-refractivity contribution in [3.05, 3.63) is 54.4 Å². The number of urea groups is 1. The largest absolute Gasteiger partial charge is 0.369 e. The number of amides is 2. The van der Waals surface area contributed by atoms with Gasteiger partial charge in [0.25, 0.3) is 5.92 Å². The Kier molecular flexibility index (Phi) is 5.32. The molecule has 3 heterocycles. The predicted octanol–water partition coefficient (Wildman–Crippen LogP) is 4.81. The zero-order chi connectivity index (χ0) is 21.3. The van der Waals surface area contributed by atoms with E-state index in [9.17, 15) is 13.6 Å². The number of rotatable bonds is 4. The number of halogens is 2. The lowest BCUT2D eigenvalue weighted by Crippen LogP contribution is -2.50. The fourth-order valence-corrected chi connectivity index (χ4v) is 3.95. The number of anilines is 2. The molecule has 3 aromatic rings. The van der Waals surface area contributed by atoms with E-state index in [4.69, 9.17) is 0 Å². The number of hydrogen-bond acceptors (Lipinski definition) is 3. The van der Waals surface area contributed by atoms with Crippen molar-refractivity contribution in [3.63, 3.8) is 0 Å². The summed E-state index contributed by atoms with van der Waals surface area (Å²) in [6.45, 7) is 2.11. The van der Waals surface area contributed by atoms with Gasteiger partial charge in [0, 0.05) is 67.8 Å². The third-order valence-corrected chi connectivity index (χ3v) is 5.69. The van der Waals surface area contributed by atoms with Gasteiger partial charge in [0.05, 0.1) is 0 Å². The summed E-state index contributed by atoms with van der Waals surface area (Å²) in [7, 11) is 2.04. The van der Waals surface area contributed by atoms with Crippen molar-refractivity contribution in [2.75, 3.05) is 30.4 Å². The van der Waals surface area contributed by atoms with Crippen LogP contribution in [-0.2, 0) is 5.92 Å². The van der Waals surface area contributed by atoms with E-state index in [2.05, 4.69) is 20.2 Å². The van der Waals surface area contributed by atoms with Crippen LogP contribution in [-0.4, -0.2) is 47.1 Å². The molecule has 0 saturated carbocycles. The van der Waals surface area contributed by atoms with E-state index in [0.29, 0.717) is 18.8 Å². The van der Waals surface area contributed by atoms with Crippen LogP contribution in [0.3, 0.4) is 0 Å². The summed E-state index contributed by atoms with van der Waals surface area (Å²) in [5.74, 6) is -2.90. The third-order valence-electron chi connectivity index (χ3n) is 5.69. The standard InChI is InChI=1S/C22H25F2N5O/c1-22(23,24)15-5-7-16(8-6-15)27-21(30)29-13-3-4-17(14-29)28(2)19-10-12-26-20-18(19)9-11-25-20/h5-12,17H,3-4,13-14H2,1-2H3,(H,25,26)(H,27,30). The van der Waals surface area contributed by atoms with Crippen LogP contribution < -0.4 is 10.2 Å². The second kappa shape index (κ2) is 7.93. The van der Waals surface area contributed by atoms with Crippen molar-refractivity contribution in [2.45, 2.75) is 31.7 Å². The van der Waals surface area contributed by atoms with Gasteiger partial charge in [0.2, 0.25) is 0 Å². The van der Waals surface area contributed by atoms with E-state index in [1.807, 2.05) is 25.4 Å². The number of aromatic nitrogens is 2. The first kappa shape index (κ1) is 20.1. The number of likely N-dealkylation sites (N-methyl/N-ethyl adjacent to an activating group) is 1. The number of nitrogens with zero attached hydrogens (tertiary/aromatic N) is 3. The molecule has 2 aromatic heterocycles. The molecule has 0 aliphatic carbocycles. The van der Waals surface area contributed by atoms with Crippen LogP contribution in [0, 0.1) is 0 Å². The normalized spacial score (nSPS) is 17.2. The van der Waals surface area contributed by atoms with Gasteiger partial charge in [-0.25, -0.2) is 18.6 Å². The number of nitrogens with one attached hydrogen (secondary N) is 2. The molecule has 0 spiro atoms. The molecule has 2 N–H and O–H groups in total. The monoisotopic (exact) mass is 413 g/mol. The molecular formula is C22H25F2N5O. The summed E-state index contributed by atoms with van der Waals surface area (Å²) < 4.78 is 26.7. The van der Waals surface area contributed by atoms with E-state index < -0.39 is 5.92 Å². The van der Waals surface area contributed by atoms with E-state index in [1.54, 1.807) is 11.1 Å². The van der Waals surface area contributed by atoms with E-state index >= 15 is 0 Å². The molecular weight excluding hydrogens is 388 g/mol. The first-order chi connectivity index (χ1) is 14.3. The predicted molar refractivity (Wildman–Crippen MR) is 114 cm³/mol. The zero-order valence-corrected chi connectivity index (χ0v) is 17.0. The molecule has 6 nitrogen and oxygen atoms in total. The molecule has 2 amide bonds. The van der Waals surface area contributed by atoms with Crippen LogP contribution in [0.4, 0.5) is 25.0 Å². The average molecular weight is 413 g/mol. The van der Waals surface area contributed by atoms with Crippen LogP contribution in [0.1, 0.15) is 25.3 Å². The molecule has 0 radical (unpaired) electrons. The quantitative estimate of drug-likeness (QED) is 0.645. The molecule has 4 rings (SSSR count). The first-order valence-corrected chi connectivity index (χ1v) is 10.0. The number of alkyl halides is 2. The minimum Gasteiger partial charge on any atom is -0.369 e. The minimum absolute atomic E-state index is 0.0754. The number of H-pyrrole nitrogens is 1. The van der Waals surface area contributed by atoms with Crippen LogP contribution in [0.15, 0.2) is 48.8 Å². The van der Waals surface area contributed by atoms with Gasteiger partial charge in [0.1, 0.15) is 5.65 Å². The number of pyridine rings is 1. The van der Waals surface area contributed by atoms with E-state index in [0.717, 1.165) is 36.5 Å². The number of fused-ring (bicyclic) bond motifs is 1. The number of aromatic amines is 1. The van der Waals surface area contributed by atoms with Crippen molar-refractivity contribution in [1.29, 1.82) is 0 Å². The molecule has 8 heteroatoms. The maximum absolute atomic E-state index is 13.4. The van der Waals surface area contributed by atoms with Gasteiger partial charge in [-0.1, -0.05) is 12.1 Å². The Morgan fingerprint density at radius 1 is 1.27 bits per heavy atom. The van der Waals surface area contributed by atoms with Gasteiger partial charge in [-0.3, -0.25) is 0 Å². The van der Waals surface area contributed by atoms with Gasteiger partial charge in [0.15, 0.2) is 0 Å². The van der Waals surface area contributed by atoms with Crippen molar-refractivity contribution in [1.82, 2.24) is 14.9 Å². The van der Waals surface area contributed by atoms with Gasteiger partial charge in [-0.15, -0.1) is 0 Å². The second-order valence-corrected chi connectivity index (χ2v) is 7.82. The Hall–Kier alpha value is -3.16. The SMILES string of the molecule is CN(c1ccnc2[nH]ccc12)C1CCCN(C(=O)Nc2ccc(C(C)(F)F)cc2)C1. The molecule has 0 bridgehead atoms. The lowest BCUT2D eigenvalue weighted by atomic mass is 10.0. The van der Waals surface area contributed by atoms with Crippen molar-refractivity contribution in [2.24, 2.45) is 0 Å². The van der Waals surface area contributed by atoms with Crippen LogP contribution in [0.5, 0.6) is 0 Å². The maximum Gasteiger partial charge on any atom is 0.321 e. The molecule has 1 aliphatic rings. The van der Waals surface area contributed by atoms with Crippen molar-refractivity contribution >= 4 is 28.4 Å². The molecule has 1 unspecified atom stereocenters. The summed E-state index contributed by atoms with van der Waals surface area (Å²) in [5, 5.41) is 3.87. The maximum atomic E-state index is 13.4. The minimum atomic E-state index is -2.90. The van der Waals surface area contributed by atoms with Gasteiger partial charge in [-0.05, 0) is 37.1 Å². The second-order valence-electron chi connectivity index (χ2n) is 7.82. The Morgan fingerprint density at radius 3 is 2.77 bits per heavy atom. The number of piperidine rings is 1. The number of carbonyl (C=O) groups is 1. The molecule has 30 heavy (non-hydrogen) atoms. The molecule has 158 valence electrons. The molecule has 1 aliphatic heterocycles. The average Bonchev–Trinajstić information content (AvgIpc) is 3.22. The van der Waals surface area contributed by atoms with Gasteiger partial charge < -0.3 is 20.1 Å². The number of benzene rings is 1. The molecule has 1 atom stereocenters. The Bertz CT molecular complexity index is 1030. The fourth-order valence-electron chi connectivity index (χ4n) is 3.95. The first-order valence-electron chi connectivity index (χ1n) is 10.0. The van der Waals surface area contributed by atoms with E-state index in [-0.39, 0.29) is 17.6 Å². The van der Waals surface area contributed by atoms with E-state index in [1.165, 1.54) is 24.3 Å². The zero-order valence-electron chi connectivity index (χ0n) is 17.0. The highest BCUT2D eigenvalue weighted by molar-refractivity contribution is 5.90. The number of likely N-dealkylation sites (tertiary alicyclic amines) is 1. The van der Waals surface area contributed by atoms with Crippen LogP contribution in [0.2, 0.25) is 0 Å². The number of hydrogen-bond donors (Lipinski definition) is 2. The summed E-state index contributed by atoms with van der Waals surface area (Å²) >= 11 is 0. The number of carbonyl (C=O) groups excluding carboxylic acids is 1. The highest BCUT2D eigenvalue weighted by Gasteiger charge is 2.28. The third kappa shape index (κ3) is 4.08. The van der Waals surface area contributed by atoms with Crippen molar-refractivity contribution < 1.29 is 13.6 Å².